The number of hydrogen-bond donors (Lipinski definition) is 1. The molecule has 1 aromatic heterocycles. The van der Waals surface area contributed by atoms with Gasteiger partial charge in [0.05, 0.1) is 16.3 Å². The average Bonchev–Trinajstić information content (AvgIpc) is 3.10. The van der Waals surface area contributed by atoms with Crippen LogP contribution in [0.1, 0.15) is 42.1 Å². The van der Waals surface area contributed by atoms with Gasteiger partial charge in [0.25, 0.3) is 5.91 Å². The van der Waals surface area contributed by atoms with E-state index in [9.17, 15) is 4.79 Å². The van der Waals surface area contributed by atoms with Gasteiger partial charge in [0, 0.05) is 10.9 Å². The number of carbonyl (C=O) groups is 1. The van der Waals surface area contributed by atoms with E-state index < -0.39 is 0 Å². The lowest BCUT2D eigenvalue weighted by atomic mass is 9.97. The Morgan fingerprint density at radius 2 is 1.92 bits per heavy atom. The Kier molecular flexibility index (Phi) is 5.51. The van der Waals surface area contributed by atoms with Crippen LogP contribution in [0.5, 0.6) is 0 Å². The minimum atomic E-state index is -0.251. The van der Waals surface area contributed by atoms with Crippen LogP contribution in [0.3, 0.4) is 0 Å². The van der Waals surface area contributed by atoms with Gasteiger partial charge >= 0.3 is 0 Å². The normalized spacial score (nSPS) is 12.0. The van der Waals surface area contributed by atoms with Gasteiger partial charge in [-0.2, -0.15) is 0 Å². The van der Waals surface area contributed by atoms with Gasteiger partial charge in [0.15, 0.2) is 5.13 Å². The minimum absolute atomic E-state index is 0.251. The third-order valence-electron chi connectivity index (χ3n) is 4.23. The molecule has 0 radical (unpaired) electrons. The summed E-state index contributed by atoms with van der Waals surface area (Å²) in [4.78, 5) is 16.8. The Morgan fingerprint density at radius 1 is 1.20 bits per heavy atom. The molecular weight excluding hydrogens is 352 g/mol. The smallest absolute Gasteiger partial charge is 0.258 e. The van der Waals surface area contributed by atoms with Crippen molar-refractivity contribution in [1.29, 1.82) is 0 Å². The van der Waals surface area contributed by atoms with Crippen LogP contribution in [0.25, 0.3) is 11.3 Å². The van der Waals surface area contributed by atoms with E-state index in [1.54, 1.807) is 24.3 Å². The van der Waals surface area contributed by atoms with Crippen LogP contribution in [0.15, 0.2) is 53.9 Å². The highest BCUT2D eigenvalue weighted by Gasteiger charge is 2.12. The zero-order valence-corrected chi connectivity index (χ0v) is 15.7. The molecule has 128 valence electrons. The van der Waals surface area contributed by atoms with E-state index in [1.165, 1.54) is 16.9 Å². The number of rotatable bonds is 5. The van der Waals surface area contributed by atoms with Crippen molar-refractivity contribution in [1.82, 2.24) is 4.98 Å². The SMILES string of the molecule is CCC(C)c1ccc(-c2csc(NC(=O)c3ccccc3Cl)n2)cc1. The number of halogens is 1. The van der Waals surface area contributed by atoms with E-state index in [-0.39, 0.29) is 5.91 Å². The van der Waals surface area contributed by atoms with E-state index in [0.29, 0.717) is 21.6 Å². The molecule has 1 amide bonds. The van der Waals surface area contributed by atoms with Crippen LogP contribution in [0.2, 0.25) is 5.02 Å². The lowest BCUT2D eigenvalue weighted by Crippen LogP contribution is -2.12. The molecular formula is C20H19ClN2OS. The van der Waals surface area contributed by atoms with Crippen LogP contribution in [-0.2, 0) is 0 Å². The zero-order chi connectivity index (χ0) is 17.8. The van der Waals surface area contributed by atoms with Crippen molar-refractivity contribution in [3.8, 4) is 11.3 Å². The third kappa shape index (κ3) is 4.09. The Morgan fingerprint density at radius 3 is 2.60 bits per heavy atom. The molecule has 0 saturated heterocycles. The summed E-state index contributed by atoms with van der Waals surface area (Å²) in [6.07, 6.45) is 1.12. The Labute approximate surface area is 156 Å². The van der Waals surface area contributed by atoms with Gasteiger partial charge < -0.3 is 0 Å². The quantitative estimate of drug-likeness (QED) is 0.578. The van der Waals surface area contributed by atoms with Crippen molar-refractivity contribution < 1.29 is 4.79 Å². The number of nitrogens with zero attached hydrogens (tertiary/aromatic N) is 1. The third-order valence-corrected chi connectivity index (χ3v) is 5.32. The van der Waals surface area contributed by atoms with Crippen molar-refractivity contribution in [2.75, 3.05) is 5.32 Å². The molecule has 0 aliphatic heterocycles. The first-order valence-electron chi connectivity index (χ1n) is 8.20. The van der Waals surface area contributed by atoms with Crippen molar-refractivity contribution in [2.24, 2.45) is 0 Å². The monoisotopic (exact) mass is 370 g/mol. The summed E-state index contributed by atoms with van der Waals surface area (Å²) >= 11 is 7.46. The summed E-state index contributed by atoms with van der Waals surface area (Å²) in [6.45, 7) is 4.41. The maximum atomic E-state index is 12.3. The molecule has 0 bridgehead atoms. The molecule has 2 aromatic carbocycles. The number of anilines is 1. The molecule has 25 heavy (non-hydrogen) atoms. The van der Waals surface area contributed by atoms with Crippen molar-refractivity contribution in [2.45, 2.75) is 26.2 Å². The number of amides is 1. The number of thiazole rings is 1. The second kappa shape index (κ2) is 7.81. The fraction of sp³-hybridized carbons (Fsp3) is 0.200. The van der Waals surface area contributed by atoms with Crippen LogP contribution in [0.4, 0.5) is 5.13 Å². The molecule has 1 heterocycles. The Bertz CT molecular complexity index is 873. The molecule has 5 heteroatoms. The molecule has 1 atom stereocenters. The van der Waals surface area contributed by atoms with E-state index in [2.05, 4.69) is 48.4 Å². The van der Waals surface area contributed by atoms with Gasteiger partial charge in [-0.3, -0.25) is 10.1 Å². The summed E-state index contributed by atoms with van der Waals surface area (Å²) in [5, 5.41) is 5.75. The summed E-state index contributed by atoms with van der Waals surface area (Å²) in [6, 6.07) is 15.4. The number of benzene rings is 2. The lowest BCUT2D eigenvalue weighted by molar-refractivity contribution is 0.102. The number of hydrogen-bond acceptors (Lipinski definition) is 3. The average molecular weight is 371 g/mol. The van der Waals surface area contributed by atoms with Gasteiger partial charge in [0.2, 0.25) is 0 Å². The highest BCUT2D eigenvalue weighted by Crippen LogP contribution is 2.28. The molecule has 0 saturated carbocycles. The topological polar surface area (TPSA) is 42.0 Å². The van der Waals surface area contributed by atoms with Crippen molar-refractivity contribution >= 4 is 34.0 Å². The summed E-state index contributed by atoms with van der Waals surface area (Å²) in [7, 11) is 0. The van der Waals surface area contributed by atoms with Crippen molar-refractivity contribution in [3.05, 3.63) is 70.1 Å². The number of aromatic nitrogens is 1. The van der Waals surface area contributed by atoms with Gasteiger partial charge in [-0.1, -0.05) is 61.8 Å². The second-order valence-electron chi connectivity index (χ2n) is 5.90. The Balaban J connectivity index is 1.74. The first kappa shape index (κ1) is 17.6. The van der Waals surface area contributed by atoms with Gasteiger partial charge in [-0.05, 0) is 30.0 Å². The largest absolute Gasteiger partial charge is 0.298 e. The molecule has 3 aromatic rings. The van der Waals surface area contributed by atoms with E-state index in [1.807, 2.05) is 5.38 Å². The molecule has 0 aliphatic carbocycles. The molecule has 3 nitrogen and oxygen atoms in total. The predicted molar refractivity (Wildman–Crippen MR) is 106 cm³/mol. The van der Waals surface area contributed by atoms with Crippen LogP contribution >= 0.6 is 22.9 Å². The van der Waals surface area contributed by atoms with Crippen LogP contribution < -0.4 is 5.32 Å². The van der Waals surface area contributed by atoms with Gasteiger partial charge in [-0.25, -0.2) is 4.98 Å². The van der Waals surface area contributed by atoms with Gasteiger partial charge in [0.1, 0.15) is 0 Å². The van der Waals surface area contributed by atoms with E-state index in [4.69, 9.17) is 11.6 Å². The Hall–Kier alpha value is -2.17. The lowest BCUT2D eigenvalue weighted by Gasteiger charge is -2.08. The highest BCUT2D eigenvalue weighted by molar-refractivity contribution is 7.14. The van der Waals surface area contributed by atoms with E-state index in [0.717, 1.165) is 17.7 Å². The van der Waals surface area contributed by atoms with Crippen LogP contribution in [0, 0.1) is 0 Å². The first-order valence-corrected chi connectivity index (χ1v) is 9.46. The van der Waals surface area contributed by atoms with Gasteiger partial charge in [-0.15, -0.1) is 11.3 Å². The molecule has 3 rings (SSSR count). The summed E-state index contributed by atoms with van der Waals surface area (Å²) < 4.78 is 0. The molecule has 0 aliphatic rings. The fourth-order valence-electron chi connectivity index (χ4n) is 2.49. The standard InChI is InChI=1S/C20H19ClN2OS/c1-3-13(2)14-8-10-15(11-9-14)18-12-25-20(22-18)23-19(24)16-6-4-5-7-17(16)21/h4-13H,3H2,1-2H3,(H,22,23,24). The first-order chi connectivity index (χ1) is 12.1. The maximum absolute atomic E-state index is 12.3. The predicted octanol–water partition coefficient (Wildman–Crippen LogP) is 6.23. The molecule has 0 spiro atoms. The fourth-order valence-corrected chi connectivity index (χ4v) is 3.43. The minimum Gasteiger partial charge on any atom is -0.298 e. The summed E-state index contributed by atoms with van der Waals surface area (Å²) in [5.74, 6) is 0.300. The highest BCUT2D eigenvalue weighted by atomic mass is 35.5. The second-order valence-corrected chi connectivity index (χ2v) is 7.17. The molecule has 1 N–H and O–H groups in total. The van der Waals surface area contributed by atoms with Crippen LogP contribution in [-0.4, -0.2) is 10.9 Å². The zero-order valence-electron chi connectivity index (χ0n) is 14.1. The number of carbonyl (C=O) groups excluding carboxylic acids is 1. The maximum Gasteiger partial charge on any atom is 0.258 e. The number of nitrogens with one attached hydrogen (secondary N) is 1. The van der Waals surface area contributed by atoms with E-state index >= 15 is 0 Å². The summed E-state index contributed by atoms with van der Waals surface area (Å²) in [5.41, 5.74) is 3.67. The van der Waals surface area contributed by atoms with Crippen molar-refractivity contribution in [3.63, 3.8) is 0 Å². The molecule has 1 unspecified atom stereocenters. The molecule has 0 fully saturated rings.